The van der Waals surface area contributed by atoms with Crippen LogP contribution in [0.4, 0.5) is 0 Å². The summed E-state index contributed by atoms with van der Waals surface area (Å²) in [4.78, 5) is 0. The van der Waals surface area contributed by atoms with Crippen molar-refractivity contribution in [2.75, 3.05) is 19.8 Å². The van der Waals surface area contributed by atoms with E-state index in [9.17, 15) is 0 Å². The fourth-order valence-corrected chi connectivity index (χ4v) is 2.26. The van der Waals surface area contributed by atoms with Crippen molar-refractivity contribution in [3.8, 4) is 0 Å². The average Bonchev–Trinajstić information content (AvgIpc) is 2.13. The summed E-state index contributed by atoms with van der Waals surface area (Å²) in [5.74, 6) is 0. The number of hydrogen-bond donors (Lipinski definition) is 1. The van der Waals surface area contributed by atoms with E-state index in [-0.39, 0.29) is 5.44 Å². The van der Waals surface area contributed by atoms with Gasteiger partial charge >= 0.3 is 0 Å². The molecule has 0 unspecified atom stereocenters. The van der Waals surface area contributed by atoms with Crippen LogP contribution in [0.5, 0.6) is 0 Å². The Morgan fingerprint density at radius 2 is 1.92 bits per heavy atom. The molecular weight excluding hydrogens is 172 g/mol. The van der Waals surface area contributed by atoms with Crippen LogP contribution < -0.4 is 0 Å². The first-order valence-electron chi connectivity index (χ1n) is 4.68. The fourth-order valence-electron chi connectivity index (χ4n) is 2.06. The molecule has 3 heteroatoms. The lowest BCUT2D eigenvalue weighted by molar-refractivity contribution is -0.0805. The summed E-state index contributed by atoms with van der Waals surface area (Å²) in [5.41, 5.74) is 0.621. The molecule has 2 aliphatic rings. The highest BCUT2D eigenvalue weighted by Gasteiger charge is 2.36. The Labute approximate surface area is 79.0 Å². The van der Waals surface area contributed by atoms with Gasteiger partial charge in [-0.05, 0) is 31.1 Å². The molecule has 2 heterocycles. The first-order valence-corrected chi connectivity index (χ1v) is 5.20. The highest BCUT2D eigenvalue weighted by atomic mass is 32.1. The van der Waals surface area contributed by atoms with Crippen molar-refractivity contribution in [1.82, 2.24) is 0 Å². The Hall–Kier alpha value is 0.270. The lowest BCUT2D eigenvalue weighted by Gasteiger charge is -2.41. The van der Waals surface area contributed by atoms with Crippen LogP contribution in [-0.2, 0) is 9.47 Å². The number of thiol groups is 1. The van der Waals surface area contributed by atoms with Crippen LogP contribution in [-0.4, -0.2) is 25.3 Å². The van der Waals surface area contributed by atoms with Crippen LogP contribution in [0.3, 0.4) is 0 Å². The van der Waals surface area contributed by atoms with Gasteiger partial charge in [-0.2, -0.15) is 0 Å². The Bertz CT molecular complexity index is 145. The molecule has 0 N–H and O–H groups in total. The predicted octanol–water partition coefficient (Wildman–Crippen LogP) is 1.85. The van der Waals surface area contributed by atoms with Crippen LogP contribution in [0.25, 0.3) is 0 Å². The highest BCUT2D eigenvalue weighted by Crippen LogP contribution is 2.40. The van der Waals surface area contributed by atoms with E-state index >= 15 is 0 Å². The van der Waals surface area contributed by atoms with Gasteiger partial charge in [0.05, 0.1) is 12.0 Å². The van der Waals surface area contributed by atoms with Crippen molar-refractivity contribution in [1.29, 1.82) is 0 Å². The lowest BCUT2D eigenvalue weighted by atomic mass is 9.76. The van der Waals surface area contributed by atoms with Gasteiger partial charge in [-0.1, -0.05) is 0 Å². The van der Waals surface area contributed by atoms with Crippen LogP contribution in [0.15, 0.2) is 0 Å². The third-order valence-corrected chi connectivity index (χ3v) is 3.46. The van der Waals surface area contributed by atoms with Gasteiger partial charge in [0.2, 0.25) is 0 Å². The standard InChI is InChI=1S/C9H16O2S/c12-8-1-2-9(7-11-8)3-5-10-6-4-9/h8,12H,1-7H2/t8-/m0/s1. The minimum atomic E-state index is 0.179. The molecular formula is C9H16O2S. The van der Waals surface area contributed by atoms with E-state index in [1.165, 1.54) is 19.3 Å². The summed E-state index contributed by atoms with van der Waals surface area (Å²) in [6, 6.07) is 0. The highest BCUT2D eigenvalue weighted by molar-refractivity contribution is 7.80. The predicted molar refractivity (Wildman–Crippen MR) is 50.4 cm³/mol. The van der Waals surface area contributed by atoms with Gasteiger partial charge in [0.25, 0.3) is 0 Å². The summed E-state index contributed by atoms with van der Waals surface area (Å²) in [6.07, 6.45) is 4.72. The fraction of sp³-hybridized carbons (Fsp3) is 1.00. The molecule has 2 fully saturated rings. The minimum Gasteiger partial charge on any atom is -0.381 e. The zero-order valence-electron chi connectivity index (χ0n) is 7.29. The SMILES string of the molecule is S[C@H]1CCC2(CCOCC2)CO1. The van der Waals surface area contributed by atoms with Crippen molar-refractivity contribution >= 4 is 12.6 Å². The van der Waals surface area contributed by atoms with E-state index in [1.807, 2.05) is 0 Å². The van der Waals surface area contributed by atoms with E-state index in [4.69, 9.17) is 9.47 Å². The minimum absolute atomic E-state index is 0.179. The summed E-state index contributed by atoms with van der Waals surface area (Å²) >= 11 is 4.31. The molecule has 2 saturated heterocycles. The molecule has 0 aliphatic carbocycles. The van der Waals surface area contributed by atoms with Crippen molar-refractivity contribution < 1.29 is 9.47 Å². The molecule has 1 spiro atoms. The smallest absolute Gasteiger partial charge is 0.1000 e. The van der Waals surface area contributed by atoms with E-state index < -0.39 is 0 Å². The first kappa shape index (κ1) is 8.85. The molecule has 0 bridgehead atoms. The molecule has 2 rings (SSSR count). The molecule has 0 aromatic carbocycles. The van der Waals surface area contributed by atoms with E-state index in [2.05, 4.69) is 12.6 Å². The van der Waals surface area contributed by atoms with E-state index in [0.29, 0.717) is 5.41 Å². The Kier molecular flexibility index (Phi) is 2.63. The van der Waals surface area contributed by atoms with Gasteiger partial charge in [-0.15, -0.1) is 12.6 Å². The maximum atomic E-state index is 5.58. The van der Waals surface area contributed by atoms with Crippen LogP contribution in [0.1, 0.15) is 25.7 Å². The van der Waals surface area contributed by atoms with Crippen molar-refractivity contribution in [2.45, 2.75) is 31.1 Å². The molecule has 12 heavy (non-hydrogen) atoms. The Morgan fingerprint density at radius 1 is 1.17 bits per heavy atom. The van der Waals surface area contributed by atoms with Gasteiger partial charge in [-0.25, -0.2) is 0 Å². The van der Waals surface area contributed by atoms with Crippen LogP contribution in [0.2, 0.25) is 0 Å². The Morgan fingerprint density at radius 3 is 2.50 bits per heavy atom. The van der Waals surface area contributed by atoms with Crippen molar-refractivity contribution in [3.05, 3.63) is 0 Å². The van der Waals surface area contributed by atoms with E-state index in [0.717, 1.165) is 26.2 Å². The van der Waals surface area contributed by atoms with Gasteiger partial charge in [-0.3, -0.25) is 0 Å². The number of ether oxygens (including phenoxy) is 2. The zero-order valence-corrected chi connectivity index (χ0v) is 8.19. The monoisotopic (exact) mass is 188 g/mol. The molecule has 70 valence electrons. The molecule has 2 nitrogen and oxygen atoms in total. The molecule has 0 amide bonds. The second kappa shape index (κ2) is 3.56. The normalized spacial score (nSPS) is 35.2. The van der Waals surface area contributed by atoms with Crippen LogP contribution >= 0.6 is 12.6 Å². The third kappa shape index (κ3) is 1.78. The Balaban J connectivity index is 1.92. The topological polar surface area (TPSA) is 18.5 Å². The first-order chi connectivity index (χ1) is 5.81. The van der Waals surface area contributed by atoms with Gasteiger partial charge in [0.1, 0.15) is 0 Å². The molecule has 2 aliphatic heterocycles. The summed E-state index contributed by atoms with van der Waals surface area (Å²) in [7, 11) is 0. The van der Waals surface area contributed by atoms with Crippen LogP contribution in [0, 0.1) is 5.41 Å². The lowest BCUT2D eigenvalue weighted by Crippen LogP contribution is -2.39. The molecule has 0 saturated carbocycles. The molecule has 0 radical (unpaired) electrons. The largest absolute Gasteiger partial charge is 0.381 e. The quantitative estimate of drug-likeness (QED) is 0.585. The second-order valence-electron chi connectivity index (χ2n) is 3.92. The van der Waals surface area contributed by atoms with Crippen molar-refractivity contribution in [2.24, 2.45) is 5.41 Å². The third-order valence-electron chi connectivity index (χ3n) is 3.06. The zero-order chi connectivity index (χ0) is 8.44. The number of rotatable bonds is 0. The maximum Gasteiger partial charge on any atom is 0.1000 e. The van der Waals surface area contributed by atoms with Gasteiger partial charge < -0.3 is 9.47 Å². The molecule has 1 atom stereocenters. The summed E-state index contributed by atoms with van der Waals surface area (Å²) < 4.78 is 10.9. The van der Waals surface area contributed by atoms with E-state index in [1.54, 1.807) is 0 Å². The second-order valence-corrected chi connectivity index (χ2v) is 4.49. The van der Waals surface area contributed by atoms with Gasteiger partial charge in [0, 0.05) is 13.2 Å². The number of hydrogen-bond acceptors (Lipinski definition) is 3. The maximum absolute atomic E-state index is 5.58. The average molecular weight is 188 g/mol. The summed E-state index contributed by atoms with van der Waals surface area (Å²) in [6.45, 7) is 2.73. The summed E-state index contributed by atoms with van der Waals surface area (Å²) in [5, 5.41) is 0. The van der Waals surface area contributed by atoms with Gasteiger partial charge in [0.15, 0.2) is 0 Å². The van der Waals surface area contributed by atoms with Crippen molar-refractivity contribution in [3.63, 3.8) is 0 Å². The molecule has 0 aromatic rings. The molecule has 0 aromatic heterocycles.